The van der Waals surface area contributed by atoms with Gasteiger partial charge in [-0.05, 0) is 75.2 Å². The van der Waals surface area contributed by atoms with E-state index in [0.717, 1.165) is 22.6 Å². The fourth-order valence-corrected chi connectivity index (χ4v) is 3.58. The molecule has 1 N–H and O–H groups in total. The van der Waals surface area contributed by atoms with Crippen LogP contribution in [0.5, 0.6) is 0 Å². The summed E-state index contributed by atoms with van der Waals surface area (Å²) in [7, 11) is 0. The number of carbonyl (C=O) groups is 1. The molecule has 7 heteroatoms. The number of benzene rings is 2. The van der Waals surface area contributed by atoms with Gasteiger partial charge in [0.2, 0.25) is 0 Å². The predicted octanol–water partition coefficient (Wildman–Crippen LogP) is 4.09. The summed E-state index contributed by atoms with van der Waals surface area (Å²) in [5, 5.41) is 11.7. The fourth-order valence-electron chi connectivity index (χ4n) is 3.58. The minimum Gasteiger partial charge on any atom is -0.352 e. The number of rotatable bonds is 6. The first-order valence-corrected chi connectivity index (χ1v) is 10.1. The zero-order valence-electron chi connectivity index (χ0n) is 17.8. The van der Waals surface area contributed by atoms with Crippen molar-refractivity contribution >= 4 is 5.91 Å². The van der Waals surface area contributed by atoms with Gasteiger partial charge in [0.1, 0.15) is 5.82 Å². The lowest BCUT2D eigenvalue weighted by molar-refractivity contribution is 0.0953. The Labute approximate surface area is 180 Å². The van der Waals surface area contributed by atoms with E-state index in [1.165, 1.54) is 18.3 Å². The average Bonchev–Trinajstić information content (AvgIpc) is 3.30. The van der Waals surface area contributed by atoms with Crippen LogP contribution in [0, 0.1) is 26.6 Å². The maximum Gasteiger partial charge on any atom is 0.254 e. The quantitative estimate of drug-likeness (QED) is 0.514. The van der Waals surface area contributed by atoms with Gasteiger partial charge in [0.25, 0.3) is 5.91 Å². The molecule has 0 aliphatic rings. The third-order valence-electron chi connectivity index (χ3n) is 5.22. The molecule has 0 saturated heterocycles. The van der Waals surface area contributed by atoms with Crippen LogP contribution in [0.25, 0.3) is 11.4 Å². The first-order chi connectivity index (χ1) is 14.9. The number of halogens is 1. The monoisotopic (exact) mass is 417 g/mol. The lowest BCUT2D eigenvalue weighted by atomic mass is 10.1. The highest BCUT2D eigenvalue weighted by molar-refractivity contribution is 5.95. The van der Waals surface area contributed by atoms with E-state index in [1.54, 1.807) is 16.8 Å². The molecule has 0 fully saturated rings. The van der Waals surface area contributed by atoms with Crippen LogP contribution in [0.15, 0.2) is 60.8 Å². The van der Waals surface area contributed by atoms with Gasteiger partial charge < -0.3 is 5.32 Å². The summed E-state index contributed by atoms with van der Waals surface area (Å²) in [5.74, 6) is -0.487. The van der Waals surface area contributed by atoms with Gasteiger partial charge in [-0.3, -0.25) is 4.79 Å². The molecule has 0 unspecified atom stereocenters. The Kier molecular flexibility index (Phi) is 5.66. The van der Waals surface area contributed by atoms with Crippen molar-refractivity contribution < 1.29 is 9.18 Å². The Morgan fingerprint density at radius 2 is 1.61 bits per heavy atom. The number of amides is 1. The summed E-state index contributed by atoms with van der Waals surface area (Å²) in [6.07, 6.45) is 2.26. The Bertz CT molecular complexity index is 1210. The third kappa shape index (κ3) is 4.40. The zero-order valence-corrected chi connectivity index (χ0v) is 17.8. The standard InChI is InChI=1S/C24H24FN5O/c1-16-14-17(2)29(28-16)21-8-4-19(5-9-21)12-13-26-24(31)23-15-27-30(18(23)3)22-10-6-20(25)7-11-22/h4-11,14-15H,12-13H2,1-3H3,(H,26,31). The maximum absolute atomic E-state index is 13.1. The molecule has 0 atom stereocenters. The predicted molar refractivity (Wildman–Crippen MR) is 117 cm³/mol. The van der Waals surface area contributed by atoms with E-state index in [-0.39, 0.29) is 11.7 Å². The van der Waals surface area contributed by atoms with Gasteiger partial charge in [-0.25, -0.2) is 13.8 Å². The van der Waals surface area contributed by atoms with Crippen LogP contribution in [0.3, 0.4) is 0 Å². The highest BCUT2D eigenvalue weighted by Gasteiger charge is 2.15. The topological polar surface area (TPSA) is 64.7 Å². The number of carbonyl (C=O) groups excluding carboxylic acids is 1. The Hall–Kier alpha value is -3.74. The molecule has 1 amide bonds. The van der Waals surface area contributed by atoms with E-state index in [9.17, 15) is 9.18 Å². The van der Waals surface area contributed by atoms with Gasteiger partial charge in [-0.15, -0.1) is 0 Å². The summed E-state index contributed by atoms with van der Waals surface area (Å²) in [6.45, 7) is 6.34. The highest BCUT2D eigenvalue weighted by atomic mass is 19.1. The molecule has 31 heavy (non-hydrogen) atoms. The molecule has 2 aromatic heterocycles. The third-order valence-corrected chi connectivity index (χ3v) is 5.22. The van der Waals surface area contributed by atoms with Crippen LogP contribution in [-0.2, 0) is 6.42 Å². The molecule has 2 aromatic carbocycles. The molecule has 2 heterocycles. The van der Waals surface area contributed by atoms with Crippen molar-refractivity contribution in [2.75, 3.05) is 6.54 Å². The summed E-state index contributed by atoms with van der Waals surface area (Å²) < 4.78 is 16.7. The van der Waals surface area contributed by atoms with E-state index in [0.29, 0.717) is 29.9 Å². The number of nitrogens with zero attached hydrogens (tertiary/aromatic N) is 4. The van der Waals surface area contributed by atoms with Gasteiger partial charge in [-0.1, -0.05) is 12.1 Å². The summed E-state index contributed by atoms with van der Waals surface area (Å²) in [5.41, 5.74) is 6.14. The van der Waals surface area contributed by atoms with E-state index in [1.807, 2.05) is 43.7 Å². The van der Waals surface area contributed by atoms with Gasteiger partial charge in [0.05, 0.1) is 34.5 Å². The molecular formula is C24H24FN5O. The zero-order chi connectivity index (χ0) is 22.0. The van der Waals surface area contributed by atoms with Crippen LogP contribution in [0.2, 0.25) is 0 Å². The van der Waals surface area contributed by atoms with Crippen LogP contribution in [0.4, 0.5) is 4.39 Å². The minimum absolute atomic E-state index is 0.176. The van der Waals surface area contributed by atoms with E-state index >= 15 is 0 Å². The van der Waals surface area contributed by atoms with Crippen molar-refractivity contribution in [1.82, 2.24) is 24.9 Å². The van der Waals surface area contributed by atoms with Gasteiger partial charge in [0, 0.05) is 12.2 Å². The molecule has 0 aliphatic carbocycles. The lowest BCUT2D eigenvalue weighted by Crippen LogP contribution is -2.26. The van der Waals surface area contributed by atoms with E-state index in [2.05, 4.69) is 27.6 Å². The van der Waals surface area contributed by atoms with E-state index in [4.69, 9.17) is 0 Å². The molecule has 0 bridgehead atoms. The Morgan fingerprint density at radius 3 is 2.26 bits per heavy atom. The molecule has 6 nitrogen and oxygen atoms in total. The summed E-state index contributed by atoms with van der Waals surface area (Å²) in [6, 6.07) is 16.2. The minimum atomic E-state index is -0.311. The molecular weight excluding hydrogens is 393 g/mol. The molecule has 0 saturated carbocycles. The Morgan fingerprint density at radius 1 is 0.968 bits per heavy atom. The maximum atomic E-state index is 13.1. The number of hydrogen-bond donors (Lipinski definition) is 1. The second kappa shape index (κ2) is 8.55. The van der Waals surface area contributed by atoms with Gasteiger partial charge in [0.15, 0.2) is 0 Å². The number of aryl methyl sites for hydroxylation is 2. The second-order valence-corrected chi connectivity index (χ2v) is 7.54. The lowest BCUT2D eigenvalue weighted by Gasteiger charge is -2.08. The van der Waals surface area contributed by atoms with Crippen molar-refractivity contribution in [3.05, 3.63) is 94.8 Å². The summed E-state index contributed by atoms with van der Waals surface area (Å²) in [4.78, 5) is 12.6. The van der Waals surface area contributed by atoms with Crippen LogP contribution < -0.4 is 5.32 Å². The highest BCUT2D eigenvalue weighted by Crippen LogP contribution is 2.15. The first-order valence-electron chi connectivity index (χ1n) is 10.1. The van der Waals surface area contributed by atoms with Crippen molar-refractivity contribution in [2.45, 2.75) is 27.2 Å². The molecule has 0 aliphatic heterocycles. The Balaban J connectivity index is 1.36. The molecule has 0 spiro atoms. The number of nitrogens with one attached hydrogen (secondary N) is 1. The van der Waals surface area contributed by atoms with Crippen molar-refractivity contribution in [1.29, 1.82) is 0 Å². The van der Waals surface area contributed by atoms with Crippen molar-refractivity contribution in [3.63, 3.8) is 0 Å². The van der Waals surface area contributed by atoms with Crippen LogP contribution in [0.1, 0.15) is 33.0 Å². The molecule has 0 radical (unpaired) electrons. The normalized spacial score (nSPS) is 11.0. The van der Waals surface area contributed by atoms with Crippen molar-refractivity contribution in [2.24, 2.45) is 0 Å². The molecule has 4 rings (SSSR count). The van der Waals surface area contributed by atoms with Crippen molar-refractivity contribution in [3.8, 4) is 11.4 Å². The SMILES string of the molecule is Cc1cc(C)n(-c2ccc(CCNC(=O)c3cnn(-c4ccc(F)cc4)c3C)cc2)n1. The van der Waals surface area contributed by atoms with Gasteiger partial charge >= 0.3 is 0 Å². The molecule has 158 valence electrons. The van der Waals surface area contributed by atoms with Crippen LogP contribution in [-0.4, -0.2) is 32.0 Å². The number of aromatic nitrogens is 4. The average molecular weight is 417 g/mol. The molecule has 4 aromatic rings. The van der Waals surface area contributed by atoms with Crippen LogP contribution >= 0.6 is 0 Å². The van der Waals surface area contributed by atoms with Gasteiger partial charge in [-0.2, -0.15) is 10.2 Å². The second-order valence-electron chi connectivity index (χ2n) is 7.54. The summed E-state index contributed by atoms with van der Waals surface area (Å²) >= 11 is 0. The largest absolute Gasteiger partial charge is 0.352 e. The smallest absolute Gasteiger partial charge is 0.254 e. The first kappa shape index (κ1) is 20.5. The van der Waals surface area contributed by atoms with E-state index < -0.39 is 0 Å². The number of hydrogen-bond acceptors (Lipinski definition) is 3. The fraction of sp³-hybridized carbons (Fsp3) is 0.208.